The quantitative estimate of drug-likeness (QED) is 0.141. The van der Waals surface area contributed by atoms with Gasteiger partial charge < -0.3 is 19.9 Å². The first kappa shape index (κ1) is 30.9. The highest BCUT2D eigenvalue weighted by molar-refractivity contribution is 6.34. The van der Waals surface area contributed by atoms with Crippen molar-refractivity contribution in [2.75, 3.05) is 5.32 Å². The molecule has 0 radical (unpaired) electrons. The SMILES string of the molecule is Cc1ccc(N=Nc2ccc(NC(=O)[C@H](OC(=O)c3ccccc3Cl)[C@H](OC(=O)c3ccccc3Cl)C(=O)O)cc2)cc1. The highest BCUT2D eigenvalue weighted by Gasteiger charge is 2.41. The van der Waals surface area contributed by atoms with Gasteiger partial charge in [0, 0.05) is 5.69 Å². The fourth-order valence-corrected chi connectivity index (χ4v) is 4.08. The number of hydrogen-bond acceptors (Lipinski definition) is 8. The molecule has 0 bridgehead atoms. The van der Waals surface area contributed by atoms with Crippen LogP contribution in [0, 0.1) is 6.92 Å². The molecule has 0 aliphatic heterocycles. The number of aliphatic carboxylic acids is 1. The van der Waals surface area contributed by atoms with E-state index in [-0.39, 0.29) is 26.9 Å². The van der Waals surface area contributed by atoms with E-state index in [0.717, 1.165) is 5.56 Å². The zero-order valence-electron chi connectivity index (χ0n) is 22.4. The molecular weight excluding hydrogens is 597 g/mol. The highest BCUT2D eigenvalue weighted by atomic mass is 35.5. The molecule has 10 nitrogen and oxygen atoms in total. The second-order valence-electron chi connectivity index (χ2n) is 9.02. The molecule has 0 unspecified atom stereocenters. The number of anilines is 1. The molecule has 4 rings (SSSR count). The molecule has 2 atom stereocenters. The summed E-state index contributed by atoms with van der Waals surface area (Å²) in [6.45, 7) is 1.96. The Labute approximate surface area is 255 Å². The van der Waals surface area contributed by atoms with E-state index in [4.69, 9.17) is 32.7 Å². The third-order valence-electron chi connectivity index (χ3n) is 5.88. The fraction of sp³-hybridized carbons (Fsp3) is 0.0968. The summed E-state index contributed by atoms with van der Waals surface area (Å²) in [4.78, 5) is 51.4. The van der Waals surface area contributed by atoms with Crippen LogP contribution in [-0.4, -0.2) is 41.1 Å². The minimum absolute atomic E-state index is 0.00184. The van der Waals surface area contributed by atoms with Crippen LogP contribution in [0.25, 0.3) is 0 Å². The standard InChI is InChI=1S/C31H23Cl2N3O7/c1-18-10-12-20(13-11-18)35-36-21-16-14-19(15-17-21)34-28(37)26(42-30(40)22-6-2-4-8-24(22)32)27(29(38)39)43-31(41)23-7-3-5-9-25(23)33/h2-17,26-27H,1H3,(H,34,37)(H,38,39)/t26-,27+/m1/s1. The number of nitrogens with zero attached hydrogens (tertiary/aromatic N) is 2. The number of esters is 2. The van der Waals surface area contributed by atoms with E-state index in [2.05, 4.69) is 15.5 Å². The van der Waals surface area contributed by atoms with E-state index in [1.807, 2.05) is 31.2 Å². The number of rotatable bonds is 10. The number of carbonyl (C=O) groups is 4. The Morgan fingerprint density at radius 3 is 1.58 bits per heavy atom. The van der Waals surface area contributed by atoms with Crippen LogP contribution in [0.2, 0.25) is 10.0 Å². The lowest BCUT2D eigenvalue weighted by molar-refractivity contribution is -0.157. The molecular formula is C31H23Cl2N3O7. The van der Waals surface area contributed by atoms with E-state index in [1.54, 1.807) is 24.3 Å². The van der Waals surface area contributed by atoms with Crippen LogP contribution >= 0.6 is 23.2 Å². The van der Waals surface area contributed by atoms with Crippen molar-refractivity contribution in [1.29, 1.82) is 0 Å². The number of amides is 1. The topological polar surface area (TPSA) is 144 Å². The largest absolute Gasteiger partial charge is 0.478 e. The summed E-state index contributed by atoms with van der Waals surface area (Å²) >= 11 is 12.1. The number of benzene rings is 4. The van der Waals surface area contributed by atoms with E-state index in [9.17, 15) is 24.3 Å². The van der Waals surface area contributed by atoms with Gasteiger partial charge >= 0.3 is 17.9 Å². The number of carbonyl (C=O) groups excluding carboxylic acids is 3. The lowest BCUT2D eigenvalue weighted by Gasteiger charge is -2.24. The number of hydrogen-bond donors (Lipinski definition) is 2. The van der Waals surface area contributed by atoms with Crippen molar-refractivity contribution in [2.24, 2.45) is 10.2 Å². The normalized spacial score (nSPS) is 12.3. The minimum atomic E-state index is -2.25. The third kappa shape index (κ3) is 8.25. The van der Waals surface area contributed by atoms with Gasteiger partial charge in [-0.1, -0.05) is 65.2 Å². The molecule has 4 aromatic carbocycles. The second kappa shape index (κ2) is 14.2. The molecule has 0 heterocycles. The molecule has 2 N–H and O–H groups in total. The smallest absolute Gasteiger partial charge is 0.349 e. The fourth-order valence-electron chi connectivity index (χ4n) is 3.66. The molecule has 1 amide bonds. The summed E-state index contributed by atoms with van der Waals surface area (Å²) < 4.78 is 10.4. The minimum Gasteiger partial charge on any atom is -0.478 e. The van der Waals surface area contributed by atoms with E-state index >= 15 is 0 Å². The summed E-state index contributed by atoms with van der Waals surface area (Å²) in [5, 5.41) is 20.7. The summed E-state index contributed by atoms with van der Waals surface area (Å²) in [6, 6.07) is 25.1. The average molecular weight is 620 g/mol. The van der Waals surface area contributed by atoms with Crippen molar-refractivity contribution in [3.63, 3.8) is 0 Å². The van der Waals surface area contributed by atoms with Gasteiger partial charge in [0.05, 0.1) is 32.5 Å². The van der Waals surface area contributed by atoms with Crippen LogP contribution in [0.15, 0.2) is 107 Å². The van der Waals surface area contributed by atoms with Crippen LogP contribution in [0.1, 0.15) is 26.3 Å². The molecule has 0 aromatic heterocycles. The maximum absolute atomic E-state index is 13.4. The third-order valence-corrected chi connectivity index (χ3v) is 6.54. The van der Waals surface area contributed by atoms with Gasteiger partial charge in [-0.25, -0.2) is 14.4 Å². The Morgan fingerprint density at radius 1 is 0.674 bits per heavy atom. The van der Waals surface area contributed by atoms with Crippen LogP contribution in [0.4, 0.5) is 17.1 Å². The second-order valence-corrected chi connectivity index (χ2v) is 9.84. The maximum atomic E-state index is 13.4. The Hall–Kier alpha value is -5.06. The van der Waals surface area contributed by atoms with Crippen molar-refractivity contribution in [3.8, 4) is 0 Å². The lowest BCUT2D eigenvalue weighted by atomic mass is 10.1. The number of carboxylic acids is 1. The first-order valence-corrected chi connectivity index (χ1v) is 13.4. The predicted octanol–water partition coefficient (Wildman–Crippen LogP) is 7.19. The molecule has 218 valence electrons. The Balaban J connectivity index is 1.57. The molecule has 43 heavy (non-hydrogen) atoms. The predicted molar refractivity (Wildman–Crippen MR) is 159 cm³/mol. The maximum Gasteiger partial charge on any atom is 0.349 e. The Morgan fingerprint density at radius 2 is 1.12 bits per heavy atom. The lowest BCUT2D eigenvalue weighted by Crippen LogP contribution is -2.48. The van der Waals surface area contributed by atoms with Crippen molar-refractivity contribution < 1.29 is 33.8 Å². The molecule has 0 aliphatic rings. The molecule has 4 aromatic rings. The summed E-state index contributed by atoms with van der Waals surface area (Å²) in [5.41, 5.74) is 2.13. The number of aryl methyl sites for hydroxylation is 1. The van der Waals surface area contributed by atoms with Gasteiger partial charge in [0.25, 0.3) is 5.91 Å². The van der Waals surface area contributed by atoms with Crippen molar-refractivity contribution in [2.45, 2.75) is 19.1 Å². The van der Waals surface area contributed by atoms with Crippen LogP contribution < -0.4 is 5.32 Å². The van der Waals surface area contributed by atoms with Gasteiger partial charge in [0.2, 0.25) is 12.2 Å². The molecule has 0 fully saturated rings. The zero-order valence-corrected chi connectivity index (χ0v) is 24.0. The molecule has 0 spiro atoms. The van der Waals surface area contributed by atoms with Crippen molar-refractivity contribution >= 4 is 64.1 Å². The number of carboxylic acid groups (broad SMARTS) is 1. The summed E-state index contributed by atoms with van der Waals surface area (Å²) in [6.07, 6.45) is -4.38. The van der Waals surface area contributed by atoms with Crippen molar-refractivity contribution in [1.82, 2.24) is 0 Å². The van der Waals surface area contributed by atoms with E-state index < -0.39 is 36.0 Å². The van der Waals surface area contributed by atoms with Crippen LogP contribution in [-0.2, 0) is 19.1 Å². The molecule has 12 heteroatoms. The average Bonchev–Trinajstić information content (AvgIpc) is 2.99. The first-order chi connectivity index (χ1) is 20.6. The van der Waals surface area contributed by atoms with E-state index in [0.29, 0.717) is 11.4 Å². The van der Waals surface area contributed by atoms with Gasteiger partial charge in [-0.15, -0.1) is 0 Å². The van der Waals surface area contributed by atoms with Gasteiger partial charge in [0.15, 0.2) is 0 Å². The van der Waals surface area contributed by atoms with Gasteiger partial charge in [-0.3, -0.25) is 4.79 Å². The number of ether oxygens (including phenoxy) is 2. The number of halogens is 2. The summed E-state index contributed by atoms with van der Waals surface area (Å²) in [7, 11) is 0. The number of nitrogens with one attached hydrogen (secondary N) is 1. The Kier molecular flexibility index (Phi) is 10.2. The van der Waals surface area contributed by atoms with Gasteiger partial charge in [-0.05, 0) is 67.6 Å². The monoisotopic (exact) mass is 619 g/mol. The molecule has 0 saturated carbocycles. The van der Waals surface area contributed by atoms with Gasteiger partial charge in [-0.2, -0.15) is 10.2 Å². The van der Waals surface area contributed by atoms with Crippen LogP contribution in [0.5, 0.6) is 0 Å². The van der Waals surface area contributed by atoms with Gasteiger partial charge in [0.1, 0.15) is 0 Å². The Bertz CT molecular complexity index is 1680. The number of azo groups is 1. The zero-order chi connectivity index (χ0) is 30.9. The van der Waals surface area contributed by atoms with Crippen molar-refractivity contribution in [3.05, 3.63) is 124 Å². The van der Waals surface area contributed by atoms with Crippen LogP contribution in [0.3, 0.4) is 0 Å². The first-order valence-electron chi connectivity index (χ1n) is 12.7. The molecule has 0 saturated heterocycles. The van der Waals surface area contributed by atoms with E-state index in [1.165, 1.54) is 48.5 Å². The summed E-state index contributed by atoms with van der Waals surface area (Å²) in [5.74, 6) is -5.10. The molecule has 0 aliphatic carbocycles. The highest BCUT2D eigenvalue weighted by Crippen LogP contribution is 2.24.